The van der Waals surface area contributed by atoms with Crippen LogP contribution in [0, 0.1) is 0 Å². The summed E-state index contributed by atoms with van der Waals surface area (Å²) in [7, 11) is -0.304. The molecule has 0 aliphatic rings. The van der Waals surface area contributed by atoms with Gasteiger partial charge in [0.15, 0.2) is 0 Å². The summed E-state index contributed by atoms with van der Waals surface area (Å²) >= 11 is 4.21. The zero-order chi connectivity index (χ0) is 11.1. The molecular formula is C11H18O2SSi. The van der Waals surface area contributed by atoms with Crippen molar-refractivity contribution >= 4 is 21.2 Å². The summed E-state index contributed by atoms with van der Waals surface area (Å²) < 4.78 is 11.5. The van der Waals surface area contributed by atoms with Gasteiger partial charge in [-0.1, -0.05) is 18.2 Å². The molecule has 0 aromatic heterocycles. The van der Waals surface area contributed by atoms with Gasteiger partial charge < -0.3 is 8.85 Å². The Kier molecular flexibility index (Phi) is 5.21. The molecule has 1 unspecified atom stereocenters. The molecule has 84 valence electrons. The van der Waals surface area contributed by atoms with Gasteiger partial charge in [-0.05, 0) is 30.9 Å². The Labute approximate surface area is 98.3 Å². The van der Waals surface area contributed by atoms with Crippen molar-refractivity contribution in [2.24, 2.45) is 0 Å². The minimum absolute atomic E-state index is 0.879. The van der Waals surface area contributed by atoms with Crippen LogP contribution in [0.25, 0.3) is 0 Å². The molecule has 0 amide bonds. The van der Waals surface area contributed by atoms with E-state index in [2.05, 4.69) is 19.2 Å². The predicted molar refractivity (Wildman–Crippen MR) is 69.0 cm³/mol. The molecule has 0 bridgehead atoms. The molecule has 4 heteroatoms. The van der Waals surface area contributed by atoms with Gasteiger partial charge in [-0.25, -0.2) is 0 Å². The van der Waals surface area contributed by atoms with Crippen LogP contribution in [0.15, 0.2) is 30.3 Å². The first-order valence-electron chi connectivity index (χ1n) is 5.10. The smallest absolute Gasteiger partial charge is 0.395 e. The first-order chi connectivity index (χ1) is 7.20. The summed E-state index contributed by atoms with van der Waals surface area (Å²) in [6.07, 6.45) is 1.03. The highest BCUT2D eigenvalue weighted by Gasteiger charge is 2.31. The van der Waals surface area contributed by atoms with Gasteiger partial charge in [-0.15, -0.1) is 0 Å². The van der Waals surface area contributed by atoms with Crippen LogP contribution in [0.2, 0.25) is 12.6 Å². The fourth-order valence-corrected chi connectivity index (χ4v) is 3.63. The van der Waals surface area contributed by atoms with E-state index in [9.17, 15) is 0 Å². The monoisotopic (exact) mass is 242 g/mol. The average Bonchev–Trinajstić information content (AvgIpc) is 2.28. The van der Waals surface area contributed by atoms with Crippen LogP contribution in [0.3, 0.4) is 0 Å². The van der Waals surface area contributed by atoms with E-state index in [1.54, 1.807) is 7.11 Å². The zero-order valence-corrected chi connectivity index (χ0v) is 11.2. The van der Waals surface area contributed by atoms with Crippen LogP contribution in [0.1, 0.15) is 6.42 Å². The minimum atomic E-state index is -2.03. The number of rotatable bonds is 6. The van der Waals surface area contributed by atoms with Gasteiger partial charge in [-0.3, -0.25) is 0 Å². The molecule has 0 saturated carbocycles. The molecule has 15 heavy (non-hydrogen) atoms. The number of hydrogen-bond donors (Lipinski definition) is 1. The molecule has 2 nitrogen and oxygen atoms in total. The van der Waals surface area contributed by atoms with Crippen molar-refractivity contribution in [2.75, 3.05) is 12.9 Å². The fraction of sp³-hybridized carbons (Fsp3) is 0.455. The molecule has 0 N–H and O–H groups in total. The average molecular weight is 242 g/mol. The Morgan fingerprint density at radius 2 is 1.93 bits per heavy atom. The van der Waals surface area contributed by atoms with Gasteiger partial charge in [0, 0.05) is 13.2 Å². The lowest BCUT2D eigenvalue weighted by Crippen LogP contribution is -2.40. The summed E-state index contributed by atoms with van der Waals surface area (Å²) in [5.74, 6) is 1.78. The highest BCUT2D eigenvalue weighted by molar-refractivity contribution is 7.80. The van der Waals surface area contributed by atoms with E-state index in [-0.39, 0.29) is 0 Å². The van der Waals surface area contributed by atoms with Crippen LogP contribution in [0.4, 0.5) is 0 Å². The molecule has 0 heterocycles. The van der Waals surface area contributed by atoms with Crippen molar-refractivity contribution < 1.29 is 8.85 Å². The normalized spacial score (nSPS) is 14.6. The molecule has 0 radical (unpaired) electrons. The molecule has 0 aliphatic carbocycles. The van der Waals surface area contributed by atoms with E-state index in [4.69, 9.17) is 8.85 Å². The second-order valence-electron chi connectivity index (χ2n) is 3.58. The SMILES string of the molecule is CO[Si](C)(CCCS)Oc1ccccc1. The standard InChI is InChI=1S/C11H18O2SSi/c1-12-15(2,10-6-9-14)13-11-7-4-3-5-8-11/h3-5,7-8,14H,6,9-10H2,1-2H3. The summed E-state index contributed by atoms with van der Waals surface area (Å²) in [5.41, 5.74) is 0. The molecule has 1 rings (SSSR count). The van der Waals surface area contributed by atoms with Gasteiger partial charge >= 0.3 is 8.56 Å². The molecule has 1 aromatic rings. The van der Waals surface area contributed by atoms with Crippen molar-refractivity contribution in [1.82, 2.24) is 0 Å². The molecule has 1 atom stereocenters. The third kappa shape index (κ3) is 4.28. The van der Waals surface area contributed by atoms with E-state index < -0.39 is 8.56 Å². The Morgan fingerprint density at radius 3 is 2.47 bits per heavy atom. The van der Waals surface area contributed by atoms with Gasteiger partial charge in [0.1, 0.15) is 5.75 Å². The zero-order valence-electron chi connectivity index (χ0n) is 9.27. The van der Waals surface area contributed by atoms with Crippen LogP contribution in [-0.2, 0) is 4.43 Å². The number of thiol groups is 1. The van der Waals surface area contributed by atoms with Crippen molar-refractivity contribution in [3.05, 3.63) is 30.3 Å². The summed E-state index contributed by atoms with van der Waals surface area (Å²) in [5, 5.41) is 0. The van der Waals surface area contributed by atoms with Crippen molar-refractivity contribution in [1.29, 1.82) is 0 Å². The minimum Gasteiger partial charge on any atom is -0.520 e. The summed E-state index contributed by atoms with van der Waals surface area (Å²) in [6, 6.07) is 10.8. The maximum atomic E-state index is 5.94. The molecular weight excluding hydrogens is 224 g/mol. The topological polar surface area (TPSA) is 18.5 Å². The Balaban J connectivity index is 2.59. The maximum Gasteiger partial charge on any atom is 0.395 e. The van der Waals surface area contributed by atoms with Crippen LogP contribution in [-0.4, -0.2) is 21.4 Å². The van der Waals surface area contributed by atoms with Crippen molar-refractivity contribution in [3.63, 3.8) is 0 Å². The summed E-state index contributed by atoms with van der Waals surface area (Å²) in [6.45, 7) is 2.09. The highest BCUT2D eigenvalue weighted by atomic mass is 32.1. The molecule has 1 aromatic carbocycles. The van der Waals surface area contributed by atoms with Gasteiger partial charge in [0.05, 0.1) is 0 Å². The first kappa shape index (κ1) is 12.6. The van der Waals surface area contributed by atoms with Crippen molar-refractivity contribution in [3.8, 4) is 5.75 Å². The van der Waals surface area contributed by atoms with Crippen LogP contribution < -0.4 is 4.43 Å². The largest absolute Gasteiger partial charge is 0.520 e. The van der Waals surface area contributed by atoms with E-state index in [1.807, 2.05) is 30.3 Å². The maximum absolute atomic E-state index is 5.94. The van der Waals surface area contributed by atoms with E-state index in [1.165, 1.54) is 0 Å². The lowest BCUT2D eigenvalue weighted by Gasteiger charge is -2.25. The Hall–Kier alpha value is -0.453. The third-order valence-corrected chi connectivity index (χ3v) is 5.41. The van der Waals surface area contributed by atoms with Gasteiger partial charge in [0.2, 0.25) is 0 Å². The number of benzene rings is 1. The van der Waals surface area contributed by atoms with E-state index >= 15 is 0 Å². The van der Waals surface area contributed by atoms with Crippen LogP contribution >= 0.6 is 12.6 Å². The quantitative estimate of drug-likeness (QED) is 0.610. The van der Waals surface area contributed by atoms with Crippen LogP contribution in [0.5, 0.6) is 5.75 Å². The lowest BCUT2D eigenvalue weighted by molar-refractivity contribution is 0.304. The highest BCUT2D eigenvalue weighted by Crippen LogP contribution is 2.20. The molecule has 0 saturated heterocycles. The second kappa shape index (κ2) is 6.20. The van der Waals surface area contributed by atoms with Gasteiger partial charge in [0.25, 0.3) is 0 Å². The van der Waals surface area contributed by atoms with Crippen molar-refractivity contribution in [2.45, 2.75) is 19.0 Å². The van der Waals surface area contributed by atoms with Gasteiger partial charge in [-0.2, -0.15) is 12.6 Å². The molecule has 0 fully saturated rings. The fourth-order valence-electron chi connectivity index (χ4n) is 1.33. The number of hydrogen-bond acceptors (Lipinski definition) is 3. The predicted octanol–water partition coefficient (Wildman–Crippen LogP) is 3.10. The number of para-hydroxylation sites is 1. The second-order valence-corrected chi connectivity index (χ2v) is 7.41. The molecule has 0 spiro atoms. The Morgan fingerprint density at radius 1 is 1.27 bits per heavy atom. The van der Waals surface area contributed by atoms with E-state index in [0.29, 0.717) is 0 Å². The lowest BCUT2D eigenvalue weighted by atomic mass is 10.3. The first-order valence-corrected chi connectivity index (χ1v) is 8.26. The Bertz CT molecular complexity index is 281. The third-order valence-electron chi connectivity index (χ3n) is 2.30. The van der Waals surface area contributed by atoms with E-state index in [0.717, 1.165) is 24.0 Å². The summed E-state index contributed by atoms with van der Waals surface area (Å²) in [4.78, 5) is 0. The molecule has 0 aliphatic heterocycles.